The molecular formula is C15H32N2O3. The van der Waals surface area contributed by atoms with Gasteiger partial charge in [0.25, 0.3) is 0 Å². The molecule has 0 radical (unpaired) electrons. The van der Waals surface area contributed by atoms with Crippen LogP contribution in [0.4, 0.5) is 0 Å². The van der Waals surface area contributed by atoms with Crippen molar-refractivity contribution in [3.8, 4) is 0 Å². The van der Waals surface area contributed by atoms with Crippen molar-refractivity contribution < 1.29 is 14.3 Å². The van der Waals surface area contributed by atoms with Crippen molar-refractivity contribution in [2.75, 3.05) is 39.5 Å². The summed E-state index contributed by atoms with van der Waals surface area (Å²) in [6.07, 6.45) is 0.363. The summed E-state index contributed by atoms with van der Waals surface area (Å²) in [4.78, 5) is 14.1. The average Bonchev–Trinajstić information content (AvgIpc) is 2.36. The Morgan fingerprint density at radius 2 is 1.55 bits per heavy atom. The zero-order valence-electron chi connectivity index (χ0n) is 13.8. The van der Waals surface area contributed by atoms with Crippen molar-refractivity contribution in [1.82, 2.24) is 4.90 Å². The van der Waals surface area contributed by atoms with Crippen LogP contribution in [0.15, 0.2) is 0 Å². The summed E-state index contributed by atoms with van der Waals surface area (Å²) in [5, 5.41) is 0. The molecule has 0 heterocycles. The van der Waals surface area contributed by atoms with Crippen LogP contribution < -0.4 is 5.73 Å². The van der Waals surface area contributed by atoms with E-state index in [1.165, 1.54) is 0 Å². The number of nitrogens with zero attached hydrogens (tertiary/aromatic N) is 1. The lowest BCUT2D eigenvalue weighted by atomic mass is 9.85. The molecule has 20 heavy (non-hydrogen) atoms. The van der Waals surface area contributed by atoms with Crippen molar-refractivity contribution in [1.29, 1.82) is 0 Å². The molecule has 120 valence electrons. The lowest BCUT2D eigenvalue weighted by molar-refractivity contribution is -0.133. The highest BCUT2D eigenvalue weighted by Crippen LogP contribution is 2.20. The molecule has 0 aliphatic rings. The van der Waals surface area contributed by atoms with E-state index in [9.17, 15) is 4.79 Å². The monoisotopic (exact) mass is 288 g/mol. The van der Waals surface area contributed by atoms with E-state index >= 15 is 0 Å². The Bertz CT molecular complexity index is 254. The Morgan fingerprint density at radius 1 is 1.10 bits per heavy atom. The number of hydrogen-bond acceptors (Lipinski definition) is 4. The highest BCUT2D eigenvalue weighted by Gasteiger charge is 2.25. The van der Waals surface area contributed by atoms with Crippen molar-refractivity contribution in [2.24, 2.45) is 11.1 Å². The van der Waals surface area contributed by atoms with Gasteiger partial charge in [0.15, 0.2) is 0 Å². The molecule has 0 aromatic rings. The number of hydrogen-bond donors (Lipinski definition) is 1. The van der Waals surface area contributed by atoms with Crippen LogP contribution in [0.3, 0.4) is 0 Å². The zero-order valence-corrected chi connectivity index (χ0v) is 13.8. The Balaban J connectivity index is 4.37. The lowest BCUT2D eigenvalue weighted by Crippen LogP contribution is -2.43. The summed E-state index contributed by atoms with van der Waals surface area (Å²) < 4.78 is 10.7. The summed E-state index contributed by atoms with van der Waals surface area (Å²) in [7, 11) is 0. The highest BCUT2D eigenvalue weighted by atomic mass is 16.5. The van der Waals surface area contributed by atoms with Crippen LogP contribution in [-0.2, 0) is 14.3 Å². The van der Waals surface area contributed by atoms with E-state index in [0.29, 0.717) is 45.9 Å². The number of rotatable bonds is 10. The number of ether oxygens (including phenoxy) is 2. The van der Waals surface area contributed by atoms with Gasteiger partial charge in [0.2, 0.25) is 5.91 Å². The average molecular weight is 288 g/mol. The molecule has 0 aliphatic carbocycles. The minimum absolute atomic E-state index is 0.0683. The van der Waals surface area contributed by atoms with Gasteiger partial charge in [-0.25, -0.2) is 0 Å². The normalized spacial score (nSPS) is 13.3. The van der Waals surface area contributed by atoms with Gasteiger partial charge < -0.3 is 20.1 Å². The molecule has 0 fully saturated rings. The van der Waals surface area contributed by atoms with E-state index in [2.05, 4.69) is 20.8 Å². The Labute approximate surface area is 123 Å². The number of carbonyl (C=O) groups is 1. The van der Waals surface area contributed by atoms with Crippen LogP contribution in [-0.4, -0.2) is 56.4 Å². The fourth-order valence-corrected chi connectivity index (χ4v) is 1.62. The first kappa shape index (κ1) is 19.4. The third-order valence-corrected chi connectivity index (χ3v) is 3.28. The molecule has 0 rings (SSSR count). The Kier molecular flexibility index (Phi) is 9.80. The number of amides is 1. The van der Waals surface area contributed by atoms with Crippen molar-refractivity contribution in [3.05, 3.63) is 0 Å². The topological polar surface area (TPSA) is 64.8 Å². The van der Waals surface area contributed by atoms with Crippen LogP contribution in [0.1, 0.15) is 41.0 Å². The summed E-state index contributed by atoms with van der Waals surface area (Å²) in [6.45, 7) is 13.7. The van der Waals surface area contributed by atoms with Gasteiger partial charge in [-0.2, -0.15) is 0 Å². The maximum absolute atomic E-state index is 12.3. The second kappa shape index (κ2) is 10.1. The minimum Gasteiger partial charge on any atom is -0.380 e. The van der Waals surface area contributed by atoms with Gasteiger partial charge in [-0.05, 0) is 19.3 Å². The molecular weight excluding hydrogens is 256 g/mol. The minimum atomic E-state index is -0.142. The first-order valence-electron chi connectivity index (χ1n) is 7.51. The van der Waals surface area contributed by atoms with E-state index in [1.54, 1.807) is 4.90 Å². The molecule has 2 N–H and O–H groups in total. The molecule has 1 amide bonds. The van der Waals surface area contributed by atoms with Crippen LogP contribution in [0.25, 0.3) is 0 Å². The third kappa shape index (κ3) is 8.51. The molecule has 0 aliphatic heterocycles. The first-order chi connectivity index (χ1) is 9.32. The molecule has 5 heteroatoms. The molecule has 0 saturated heterocycles. The fourth-order valence-electron chi connectivity index (χ4n) is 1.62. The molecule has 0 saturated carbocycles. The summed E-state index contributed by atoms with van der Waals surface area (Å²) in [6, 6.07) is -0.142. The molecule has 0 aromatic carbocycles. The van der Waals surface area contributed by atoms with E-state index < -0.39 is 0 Å². The van der Waals surface area contributed by atoms with Gasteiger partial charge in [-0.1, -0.05) is 20.8 Å². The van der Waals surface area contributed by atoms with Gasteiger partial charge in [-0.15, -0.1) is 0 Å². The highest BCUT2D eigenvalue weighted by molar-refractivity contribution is 5.76. The van der Waals surface area contributed by atoms with Gasteiger partial charge in [-0.3, -0.25) is 4.79 Å². The van der Waals surface area contributed by atoms with Crippen molar-refractivity contribution >= 4 is 5.91 Å². The summed E-state index contributed by atoms with van der Waals surface area (Å²) in [5.41, 5.74) is 6.02. The van der Waals surface area contributed by atoms with Gasteiger partial charge in [0, 0.05) is 38.8 Å². The molecule has 0 aromatic heterocycles. The van der Waals surface area contributed by atoms with E-state index in [-0.39, 0.29) is 17.4 Å². The van der Waals surface area contributed by atoms with Crippen LogP contribution in [0.2, 0.25) is 0 Å². The summed E-state index contributed by atoms with van der Waals surface area (Å²) >= 11 is 0. The van der Waals surface area contributed by atoms with Crippen LogP contribution in [0, 0.1) is 5.41 Å². The summed E-state index contributed by atoms with van der Waals surface area (Å²) in [5.74, 6) is 0.0758. The van der Waals surface area contributed by atoms with Crippen molar-refractivity contribution in [2.45, 2.75) is 47.1 Å². The SMILES string of the molecule is CCOCCN(CCOCC)C(=O)CC(N)C(C)(C)C. The maximum atomic E-state index is 12.3. The van der Waals surface area contributed by atoms with Gasteiger partial charge in [0.05, 0.1) is 13.2 Å². The maximum Gasteiger partial charge on any atom is 0.224 e. The quantitative estimate of drug-likeness (QED) is 0.621. The molecule has 1 atom stereocenters. The smallest absolute Gasteiger partial charge is 0.224 e. The first-order valence-corrected chi connectivity index (χ1v) is 7.51. The van der Waals surface area contributed by atoms with Gasteiger partial charge in [0.1, 0.15) is 0 Å². The van der Waals surface area contributed by atoms with E-state index in [4.69, 9.17) is 15.2 Å². The molecule has 5 nitrogen and oxygen atoms in total. The standard InChI is InChI=1S/C15H32N2O3/c1-6-19-10-8-17(9-11-20-7-2)14(18)12-13(16)15(3,4)5/h13H,6-12,16H2,1-5H3. The largest absolute Gasteiger partial charge is 0.380 e. The Morgan fingerprint density at radius 3 is 1.90 bits per heavy atom. The number of nitrogens with two attached hydrogens (primary N) is 1. The van der Waals surface area contributed by atoms with Crippen LogP contribution >= 0.6 is 0 Å². The van der Waals surface area contributed by atoms with Crippen LogP contribution in [0.5, 0.6) is 0 Å². The van der Waals surface area contributed by atoms with Crippen molar-refractivity contribution in [3.63, 3.8) is 0 Å². The second-order valence-electron chi connectivity index (χ2n) is 5.95. The second-order valence-corrected chi connectivity index (χ2v) is 5.95. The zero-order chi connectivity index (χ0) is 15.6. The predicted molar refractivity (Wildman–Crippen MR) is 81.6 cm³/mol. The molecule has 1 unspecified atom stereocenters. The van der Waals surface area contributed by atoms with Gasteiger partial charge >= 0.3 is 0 Å². The van der Waals surface area contributed by atoms with E-state index in [1.807, 2.05) is 13.8 Å². The third-order valence-electron chi connectivity index (χ3n) is 3.28. The molecule has 0 spiro atoms. The lowest BCUT2D eigenvalue weighted by Gasteiger charge is -2.29. The Hall–Kier alpha value is -0.650. The fraction of sp³-hybridized carbons (Fsp3) is 0.933. The predicted octanol–water partition coefficient (Wildman–Crippen LogP) is 1.65. The number of carbonyl (C=O) groups excluding carboxylic acids is 1. The molecule has 0 bridgehead atoms. The van der Waals surface area contributed by atoms with E-state index in [0.717, 1.165) is 0 Å².